The summed E-state index contributed by atoms with van der Waals surface area (Å²) in [6.45, 7) is 2.31. The molecule has 0 aromatic carbocycles. The monoisotopic (exact) mass is 242 g/mol. The first-order valence-corrected chi connectivity index (χ1v) is 12.7. The molecule has 0 saturated carbocycles. The van der Waals surface area contributed by atoms with Gasteiger partial charge in [-0.15, -0.1) is 0 Å². The van der Waals surface area contributed by atoms with Crippen LogP contribution in [-0.2, 0) is 0 Å². The third-order valence-corrected chi connectivity index (χ3v) is 7.18. The molecule has 0 amide bonds. The van der Waals surface area contributed by atoms with Gasteiger partial charge in [-0.25, -0.2) is 0 Å². The van der Waals surface area contributed by atoms with E-state index < -0.39 is 13.3 Å². The summed E-state index contributed by atoms with van der Waals surface area (Å²) in [5, 5.41) is 9.17. The molecule has 13 heavy (non-hydrogen) atoms. The second-order valence-electron chi connectivity index (χ2n) is 4.99. The number of nitrogens with zero attached hydrogens (tertiary/aromatic N) is 2. The van der Waals surface area contributed by atoms with E-state index in [4.69, 9.17) is 5.26 Å². The summed E-state index contributed by atoms with van der Waals surface area (Å²) < 4.78 is 0. The van der Waals surface area contributed by atoms with Crippen LogP contribution in [0.15, 0.2) is 0 Å². The SMILES string of the molecule is [CH3][Ge]([CH3])([CH3])[CH](C#N)N1CCCCC1. The topological polar surface area (TPSA) is 27.0 Å². The maximum absolute atomic E-state index is 9.17. The molecule has 1 heterocycles. The molecule has 0 aromatic heterocycles. The van der Waals surface area contributed by atoms with Crippen molar-refractivity contribution in [3.05, 3.63) is 0 Å². The second kappa shape index (κ2) is 4.48. The molecule has 0 bridgehead atoms. The molecule has 0 N–H and O–H groups in total. The first kappa shape index (κ1) is 11.1. The Morgan fingerprint density at radius 2 is 1.69 bits per heavy atom. The summed E-state index contributed by atoms with van der Waals surface area (Å²) in [6.07, 6.45) is 3.93. The van der Waals surface area contributed by atoms with E-state index in [2.05, 4.69) is 28.2 Å². The summed E-state index contributed by atoms with van der Waals surface area (Å²) in [5.41, 5.74) is 0. The van der Waals surface area contributed by atoms with Gasteiger partial charge in [-0.2, -0.15) is 0 Å². The average Bonchev–Trinajstić information content (AvgIpc) is 2.05. The van der Waals surface area contributed by atoms with E-state index in [1.165, 1.54) is 19.3 Å². The molecule has 1 saturated heterocycles. The van der Waals surface area contributed by atoms with E-state index in [0.717, 1.165) is 13.1 Å². The van der Waals surface area contributed by atoms with E-state index in [0.29, 0.717) is 0 Å². The second-order valence-corrected chi connectivity index (χ2v) is 16.1. The van der Waals surface area contributed by atoms with Crippen LogP contribution in [0.4, 0.5) is 0 Å². The van der Waals surface area contributed by atoms with Gasteiger partial charge < -0.3 is 0 Å². The van der Waals surface area contributed by atoms with Crippen molar-refractivity contribution in [3.8, 4) is 6.07 Å². The average molecular weight is 241 g/mol. The Labute approximate surface area is 84.3 Å². The van der Waals surface area contributed by atoms with Gasteiger partial charge in [0.15, 0.2) is 0 Å². The molecular formula is C10H20GeN2. The Morgan fingerprint density at radius 3 is 2.08 bits per heavy atom. The van der Waals surface area contributed by atoms with Crippen molar-refractivity contribution in [3.63, 3.8) is 0 Å². The van der Waals surface area contributed by atoms with Crippen LogP contribution < -0.4 is 0 Å². The van der Waals surface area contributed by atoms with Crippen LogP contribution in [0.3, 0.4) is 0 Å². The summed E-state index contributed by atoms with van der Waals surface area (Å²) in [4.78, 5) is 2.70. The number of hydrogen-bond donors (Lipinski definition) is 0. The summed E-state index contributed by atoms with van der Waals surface area (Å²) >= 11 is -1.80. The van der Waals surface area contributed by atoms with Crippen LogP contribution in [0, 0.1) is 11.3 Å². The van der Waals surface area contributed by atoms with E-state index in [1.807, 2.05) is 0 Å². The predicted octanol–water partition coefficient (Wildman–Crippen LogP) is 2.24. The van der Waals surface area contributed by atoms with Crippen LogP contribution in [-0.4, -0.2) is 36.1 Å². The molecule has 1 unspecified atom stereocenters. The van der Waals surface area contributed by atoms with Crippen molar-refractivity contribution in [2.24, 2.45) is 0 Å². The molecule has 0 aromatic rings. The third kappa shape index (κ3) is 3.00. The zero-order chi connectivity index (χ0) is 9.90. The van der Waals surface area contributed by atoms with Gasteiger partial charge in [0.2, 0.25) is 0 Å². The molecule has 0 radical (unpaired) electrons. The number of rotatable bonds is 2. The number of hydrogen-bond acceptors (Lipinski definition) is 2. The van der Waals surface area contributed by atoms with Gasteiger partial charge in [0.25, 0.3) is 0 Å². The van der Waals surface area contributed by atoms with E-state index in [-0.39, 0.29) is 4.87 Å². The predicted molar refractivity (Wildman–Crippen MR) is 58.2 cm³/mol. The number of nitriles is 1. The Morgan fingerprint density at radius 1 is 1.15 bits per heavy atom. The summed E-state index contributed by atoms with van der Waals surface area (Å²) in [5.74, 6) is 7.01. The van der Waals surface area contributed by atoms with Crippen LogP contribution in [0.25, 0.3) is 0 Å². The Bertz CT molecular complexity index is 196. The maximum atomic E-state index is 9.17. The zero-order valence-electron chi connectivity index (χ0n) is 9.01. The van der Waals surface area contributed by atoms with Crippen molar-refractivity contribution in [1.82, 2.24) is 4.90 Å². The third-order valence-electron chi connectivity index (χ3n) is 2.70. The molecule has 0 spiro atoms. The van der Waals surface area contributed by atoms with E-state index in [9.17, 15) is 0 Å². The minimum atomic E-state index is -1.80. The molecule has 1 aliphatic heterocycles. The number of piperidine rings is 1. The number of likely N-dealkylation sites (tertiary alicyclic amines) is 1. The Balaban J connectivity index is 2.61. The van der Waals surface area contributed by atoms with Gasteiger partial charge >= 0.3 is 84.0 Å². The van der Waals surface area contributed by atoms with Crippen LogP contribution >= 0.6 is 0 Å². The first-order chi connectivity index (χ1) is 6.05. The van der Waals surface area contributed by atoms with Gasteiger partial charge in [-0.1, -0.05) is 0 Å². The first-order valence-electron chi connectivity index (χ1n) is 5.19. The molecule has 74 valence electrons. The molecular weight excluding hydrogens is 221 g/mol. The van der Waals surface area contributed by atoms with Gasteiger partial charge in [0.1, 0.15) is 0 Å². The molecule has 2 nitrogen and oxygen atoms in total. The van der Waals surface area contributed by atoms with E-state index >= 15 is 0 Å². The van der Waals surface area contributed by atoms with E-state index in [1.54, 1.807) is 0 Å². The van der Waals surface area contributed by atoms with Gasteiger partial charge in [-0.05, 0) is 0 Å². The fraction of sp³-hybridized carbons (Fsp3) is 0.900. The van der Waals surface area contributed by atoms with Crippen LogP contribution in [0.2, 0.25) is 17.3 Å². The van der Waals surface area contributed by atoms with Gasteiger partial charge in [-0.3, -0.25) is 0 Å². The summed E-state index contributed by atoms with van der Waals surface area (Å²) in [7, 11) is 0. The van der Waals surface area contributed by atoms with Gasteiger partial charge in [0.05, 0.1) is 0 Å². The Kier molecular flexibility index (Phi) is 3.81. The van der Waals surface area contributed by atoms with Crippen molar-refractivity contribution in [2.75, 3.05) is 13.1 Å². The standard InChI is InChI=1S/C10H20GeN2/c1-11(2,3)10(9-12)13-7-5-4-6-8-13/h10H,4-8H2,1-3H3. The quantitative estimate of drug-likeness (QED) is 0.693. The summed E-state index contributed by atoms with van der Waals surface area (Å²) in [6, 6.07) is 2.52. The van der Waals surface area contributed by atoms with Crippen LogP contribution in [0.5, 0.6) is 0 Å². The van der Waals surface area contributed by atoms with Gasteiger partial charge in [0, 0.05) is 0 Å². The van der Waals surface area contributed by atoms with Crippen molar-refractivity contribution < 1.29 is 0 Å². The Hall–Kier alpha value is -0.00714. The molecule has 1 fully saturated rings. The molecule has 3 heteroatoms. The zero-order valence-corrected chi connectivity index (χ0v) is 11.1. The van der Waals surface area contributed by atoms with Crippen molar-refractivity contribution in [2.45, 2.75) is 41.4 Å². The minimum absolute atomic E-state index is 0.278. The van der Waals surface area contributed by atoms with Crippen molar-refractivity contribution in [1.29, 1.82) is 5.26 Å². The normalized spacial score (nSPS) is 22.3. The fourth-order valence-electron chi connectivity index (χ4n) is 2.00. The molecule has 0 aliphatic carbocycles. The molecule has 1 atom stereocenters. The van der Waals surface area contributed by atoms with Crippen molar-refractivity contribution >= 4 is 13.3 Å². The fourth-order valence-corrected chi connectivity index (χ4v) is 5.65. The molecule has 1 rings (SSSR count). The molecule has 1 aliphatic rings. The van der Waals surface area contributed by atoms with Crippen LogP contribution in [0.1, 0.15) is 19.3 Å².